The lowest BCUT2D eigenvalue weighted by molar-refractivity contribution is -0.136. The maximum atomic E-state index is 11.7. The second-order valence-electron chi connectivity index (χ2n) is 3.42. The van der Waals surface area contributed by atoms with Crippen molar-refractivity contribution in [3.63, 3.8) is 0 Å². The number of hydrogen-bond donors (Lipinski definition) is 2. The molecule has 0 amide bonds. The van der Waals surface area contributed by atoms with Crippen LogP contribution in [0.4, 0.5) is 0 Å². The summed E-state index contributed by atoms with van der Waals surface area (Å²) in [7, 11) is 0. The van der Waals surface area contributed by atoms with Crippen molar-refractivity contribution in [3.05, 3.63) is 44.7 Å². The van der Waals surface area contributed by atoms with E-state index in [0.29, 0.717) is 16.6 Å². The molecule has 1 heterocycles. The van der Waals surface area contributed by atoms with E-state index in [1.165, 1.54) is 6.07 Å². The number of aromatic nitrogens is 1. The van der Waals surface area contributed by atoms with Crippen molar-refractivity contribution in [2.45, 2.75) is 6.42 Å². The van der Waals surface area contributed by atoms with Gasteiger partial charge in [-0.2, -0.15) is 0 Å². The molecule has 1 aromatic carbocycles. The number of aliphatic carboxylic acids is 1. The lowest BCUT2D eigenvalue weighted by Gasteiger charge is -2.02. The molecule has 2 rings (SSSR count). The zero-order chi connectivity index (χ0) is 11.7. The maximum Gasteiger partial charge on any atom is 0.309 e. The number of rotatable bonds is 2. The van der Waals surface area contributed by atoms with Gasteiger partial charge in [0.05, 0.1) is 11.9 Å². The van der Waals surface area contributed by atoms with Crippen LogP contribution in [0.1, 0.15) is 5.69 Å². The van der Waals surface area contributed by atoms with Gasteiger partial charge in [0.1, 0.15) is 0 Å². The van der Waals surface area contributed by atoms with Gasteiger partial charge in [0.2, 0.25) is 0 Å². The van der Waals surface area contributed by atoms with Crippen molar-refractivity contribution in [2.24, 2.45) is 0 Å². The fourth-order valence-electron chi connectivity index (χ4n) is 1.54. The van der Waals surface area contributed by atoms with Crippen LogP contribution in [0.5, 0.6) is 0 Å². The van der Waals surface area contributed by atoms with Gasteiger partial charge in [-0.05, 0) is 18.2 Å². The Kier molecular flexibility index (Phi) is 2.78. The second-order valence-corrected chi connectivity index (χ2v) is 4.33. The molecule has 82 valence electrons. The number of carboxylic acids is 1. The Morgan fingerprint density at radius 2 is 2.12 bits per heavy atom. The molecular weight excluding hydrogens is 274 g/mol. The Morgan fingerprint density at radius 1 is 1.38 bits per heavy atom. The van der Waals surface area contributed by atoms with Gasteiger partial charge in [-0.25, -0.2) is 0 Å². The van der Waals surface area contributed by atoms with Gasteiger partial charge in [0, 0.05) is 21.6 Å². The average Bonchev–Trinajstić information content (AvgIpc) is 2.15. The van der Waals surface area contributed by atoms with Gasteiger partial charge in [-0.15, -0.1) is 0 Å². The first kappa shape index (κ1) is 10.9. The van der Waals surface area contributed by atoms with E-state index in [-0.39, 0.29) is 11.8 Å². The Labute approximate surface area is 99.0 Å². The van der Waals surface area contributed by atoms with Crippen LogP contribution in [-0.2, 0) is 11.2 Å². The van der Waals surface area contributed by atoms with Crippen LogP contribution in [0, 0.1) is 0 Å². The summed E-state index contributed by atoms with van der Waals surface area (Å²) in [5.74, 6) is -0.968. The molecule has 0 bridgehead atoms. The second kappa shape index (κ2) is 4.09. The van der Waals surface area contributed by atoms with Crippen LogP contribution >= 0.6 is 15.9 Å². The van der Waals surface area contributed by atoms with E-state index in [4.69, 9.17) is 5.11 Å². The smallest absolute Gasteiger partial charge is 0.309 e. The molecular formula is C11H8BrNO3. The topological polar surface area (TPSA) is 70.2 Å². The van der Waals surface area contributed by atoms with E-state index < -0.39 is 5.97 Å². The van der Waals surface area contributed by atoms with Crippen molar-refractivity contribution in [1.82, 2.24) is 4.98 Å². The summed E-state index contributed by atoms with van der Waals surface area (Å²) in [5, 5.41) is 9.21. The summed E-state index contributed by atoms with van der Waals surface area (Å²) < 4.78 is 0.836. The minimum atomic E-state index is -0.968. The Hall–Kier alpha value is -1.62. The van der Waals surface area contributed by atoms with E-state index in [1.54, 1.807) is 18.2 Å². The predicted octanol–water partition coefficient (Wildman–Crippen LogP) is 1.92. The highest BCUT2D eigenvalue weighted by Gasteiger charge is 2.05. The van der Waals surface area contributed by atoms with Gasteiger partial charge in [-0.3, -0.25) is 9.59 Å². The van der Waals surface area contributed by atoms with Crippen molar-refractivity contribution in [3.8, 4) is 0 Å². The van der Waals surface area contributed by atoms with Crippen molar-refractivity contribution in [2.75, 3.05) is 0 Å². The largest absolute Gasteiger partial charge is 0.481 e. The summed E-state index contributed by atoms with van der Waals surface area (Å²) >= 11 is 3.29. The quantitative estimate of drug-likeness (QED) is 0.884. The molecule has 0 atom stereocenters. The number of hydrogen-bond acceptors (Lipinski definition) is 2. The maximum absolute atomic E-state index is 11.7. The van der Waals surface area contributed by atoms with Crippen LogP contribution < -0.4 is 5.43 Å². The molecule has 0 aliphatic carbocycles. The Morgan fingerprint density at radius 3 is 2.81 bits per heavy atom. The number of halogens is 1. The lowest BCUT2D eigenvalue weighted by Crippen LogP contribution is -2.09. The van der Waals surface area contributed by atoms with Crippen LogP contribution in [0.15, 0.2) is 33.5 Å². The van der Waals surface area contributed by atoms with Crippen LogP contribution in [0.25, 0.3) is 10.9 Å². The van der Waals surface area contributed by atoms with Crippen LogP contribution in [0.3, 0.4) is 0 Å². The van der Waals surface area contributed by atoms with Crippen LogP contribution in [0.2, 0.25) is 0 Å². The number of carbonyl (C=O) groups is 1. The number of fused-ring (bicyclic) bond motifs is 1. The van der Waals surface area contributed by atoms with Gasteiger partial charge in [0.25, 0.3) is 0 Å². The van der Waals surface area contributed by atoms with E-state index in [2.05, 4.69) is 20.9 Å². The standard InChI is InChI=1S/C11H8BrNO3/c12-6-1-2-8-9(3-6)13-7(4-10(8)14)5-11(15)16/h1-4H,5H2,(H,13,14)(H,15,16). The van der Waals surface area contributed by atoms with Gasteiger partial charge in [0.15, 0.2) is 5.43 Å². The number of benzene rings is 1. The molecule has 5 heteroatoms. The van der Waals surface area contributed by atoms with Crippen molar-refractivity contribution in [1.29, 1.82) is 0 Å². The predicted molar refractivity (Wildman–Crippen MR) is 63.6 cm³/mol. The molecule has 0 aliphatic heterocycles. The molecule has 16 heavy (non-hydrogen) atoms. The fourth-order valence-corrected chi connectivity index (χ4v) is 1.90. The molecule has 2 aromatic rings. The van der Waals surface area contributed by atoms with Gasteiger partial charge in [-0.1, -0.05) is 15.9 Å². The van der Waals surface area contributed by atoms with Crippen molar-refractivity contribution < 1.29 is 9.90 Å². The first-order valence-electron chi connectivity index (χ1n) is 4.59. The molecule has 0 saturated heterocycles. The zero-order valence-electron chi connectivity index (χ0n) is 8.16. The molecule has 0 fully saturated rings. The summed E-state index contributed by atoms with van der Waals surface area (Å²) in [4.78, 5) is 25.1. The monoisotopic (exact) mass is 281 g/mol. The Balaban J connectivity index is 2.65. The lowest BCUT2D eigenvalue weighted by atomic mass is 10.1. The minimum Gasteiger partial charge on any atom is -0.481 e. The first-order chi connectivity index (χ1) is 7.56. The zero-order valence-corrected chi connectivity index (χ0v) is 9.74. The van der Waals surface area contributed by atoms with E-state index in [1.807, 2.05) is 0 Å². The number of pyridine rings is 1. The summed E-state index contributed by atoms with van der Waals surface area (Å²) in [6.07, 6.45) is -0.183. The summed E-state index contributed by atoms with van der Waals surface area (Å²) in [6, 6.07) is 6.55. The SMILES string of the molecule is O=C(O)Cc1cc(=O)c2ccc(Br)cc2[nH]1. The fraction of sp³-hybridized carbons (Fsp3) is 0.0909. The molecule has 2 N–H and O–H groups in total. The third-order valence-electron chi connectivity index (χ3n) is 2.19. The van der Waals surface area contributed by atoms with Gasteiger partial charge >= 0.3 is 5.97 Å². The molecule has 0 spiro atoms. The number of carboxylic acid groups (broad SMARTS) is 1. The molecule has 0 radical (unpaired) electrons. The molecule has 0 aliphatic rings. The normalized spacial score (nSPS) is 10.6. The highest BCUT2D eigenvalue weighted by molar-refractivity contribution is 9.10. The molecule has 0 saturated carbocycles. The molecule has 0 unspecified atom stereocenters. The Bertz CT molecular complexity index is 618. The average molecular weight is 282 g/mol. The first-order valence-corrected chi connectivity index (χ1v) is 5.39. The third kappa shape index (κ3) is 2.14. The van der Waals surface area contributed by atoms with Crippen LogP contribution in [-0.4, -0.2) is 16.1 Å². The van der Waals surface area contributed by atoms with Crippen molar-refractivity contribution >= 4 is 32.8 Å². The highest BCUT2D eigenvalue weighted by atomic mass is 79.9. The third-order valence-corrected chi connectivity index (χ3v) is 2.68. The number of H-pyrrole nitrogens is 1. The number of nitrogens with one attached hydrogen (secondary N) is 1. The summed E-state index contributed by atoms with van der Waals surface area (Å²) in [5.41, 5.74) is 0.874. The van der Waals surface area contributed by atoms with E-state index >= 15 is 0 Å². The van der Waals surface area contributed by atoms with Gasteiger partial charge < -0.3 is 10.1 Å². The van der Waals surface area contributed by atoms with E-state index in [0.717, 1.165) is 4.47 Å². The number of aromatic amines is 1. The minimum absolute atomic E-state index is 0.169. The highest BCUT2D eigenvalue weighted by Crippen LogP contribution is 2.15. The van der Waals surface area contributed by atoms with E-state index in [9.17, 15) is 9.59 Å². The summed E-state index contributed by atoms with van der Waals surface area (Å²) in [6.45, 7) is 0. The molecule has 1 aromatic heterocycles. The molecule has 4 nitrogen and oxygen atoms in total.